The van der Waals surface area contributed by atoms with E-state index in [0.29, 0.717) is 0 Å². The topological polar surface area (TPSA) is 123 Å². The Morgan fingerprint density at radius 3 is 2.03 bits per heavy atom. The van der Waals surface area contributed by atoms with E-state index in [1.807, 2.05) is 0 Å². The van der Waals surface area contributed by atoms with Crippen LogP contribution in [0, 0.1) is 11.8 Å². The van der Waals surface area contributed by atoms with Crippen molar-refractivity contribution >= 4 is 18.2 Å². The average Bonchev–Trinajstić information content (AvgIpc) is 2.79. The Morgan fingerprint density at radius 1 is 1.03 bits per heavy atom. The van der Waals surface area contributed by atoms with Crippen molar-refractivity contribution in [3.63, 3.8) is 0 Å². The molecule has 5 atom stereocenters. The van der Waals surface area contributed by atoms with Gasteiger partial charge in [0.2, 0.25) is 0 Å². The van der Waals surface area contributed by atoms with Crippen LogP contribution in [0.2, 0.25) is 0 Å². The van der Waals surface area contributed by atoms with Crippen LogP contribution >= 0.6 is 0 Å². The summed E-state index contributed by atoms with van der Waals surface area (Å²) in [6, 6.07) is -1.36. The van der Waals surface area contributed by atoms with Crippen molar-refractivity contribution in [1.29, 1.82) is 0 Å². The Balaban J connectivity index is 3.02. The van der Waals surface area contributed by atoms with Gasteiger partial charge in [-0.2, -0.15) is 0 Å². The second-order valence-corrected chi connectivity index (χ2v) is 9.35. The summed E-state index contributed by atoms with van der Waals surface area (Å²) in [4.78, 5) is 36.9. The molecule has 0 aliphatic heterocycles. The number of aliphatic hydroxyl groups excluding tert-OH is 1. The Kier molecular flexibility index (Phi) is 8.32. The zero-order valence-electron chi connectivity index (χ0n) is 18.7. The fourth-order valence-electron chi connectivity index (χ4n) is 3.44. The molecule has 0 aromatic rings. The first-order valence-corrected chi connectivity index (χ1v) is 9.98. The van der Waals surface area contributed by atoms with E-state index in [2.05, 4.69) is 10.6 Å². The molecule has 9 heteroatoms. The lowest BCUT2D eigenvalue weighted by atomic mass is 9.91. The lowest BCUT2D eigenvalue weighted by Gasteiger charge is -2.32. The predicted octanol–water partition coefficient (Wildman–Crippen LogP) is 2.35. The number of esters is 1. The SMILES string of the molecule is CCOC(=O)[C@@H]1C[C@@H](O)C([C@H](C)NC(=O)OC(C)(C)C)[C@@H]1NC(=O)OC(C)(C)C. The highest BCUT2D eigenvalue weighted by atomic mass is 16.6. The zero-order valence-corrected chi connectivity index (χ0v) is 18.7. The van der Waals surface area contributed by atoms with Gasteiger partial charge in [-0.3, -0.25) is 4.79 Å². The summed E-state index contributed by atoms with van der Waals surface area (Å²) < 4.78 is 15.7. The number of rotatable bonds is 5. The molecule has 1 unspecified atom stereocenters. The molecule has 2 amide bonds. The Morgan fingerprint density at radius 2 is 1.55 bits per heavy atom. The molecule has 29 heavy (non-hydrogen) atoms. The number of alkyl carbamates (subject to hydrolysis) is 2. The van der Waals surface area contributed by atoms with Gasteiger partial charge in [-0.25, -0.2) is 9.59 Å². The van der Waals surface area contributed by atoms with Crippen LogP contribution in [-0.2, 0) is 19.0 Å². The molecule has 0 saturated heterocycles. The summed E-state index contributed by atoms with van der Waals surface area (Å²) in [5.74, 6) is -1.91. The molecule has 168 valence electrons. The van der Waals surface area contributed by atoms with Gasteiger partial charge >= 0.3 is 18.2 Å². The second-order valence-electron chi connectivity index (χ2n) is 9.35. The summed E-state index contributed by atoms with van der Waals surface area (Å²) in [5.41, 5.74) is -1.41. The molecule has 1 fully saturated rings. The van der Waals surface area contributed by atoms with E-state index in [1.54, 1.807) is 55.4 Å². The fourth-order valence-corrected chi connectivity index (χ4v) is 3.44. The second kappa shape index (κ2) is 9.65. The number of hydrogen-bond acceptors (Lipinski definition) is 7. The molecule has 1 aliphatic carbocycles. The minimum Gasteiger partial charge on any atom is -0.466 e. The van der Waals surface area contributed by atoms with Crippen LogP contribution in [-0.4, -0.2) is 59.3 Å². The molecule has 1 aliphatic rings. The average molecular weight is 417 g/mol. The maximum Gasteiger partial charge on any atom is 0.407 e. The third-order valence-electron chi connectivity index (χ3n) is 4.38. The molecular weight excluding hydrogens is 380 g/mol. The van der Waals surface area contributed by atoms with Crippen molar-refractivity contribution < 1.29 is 33.7 Å². The molecule has 1 rings (SSSR count). The van der Waals surface area contributed by atoms with E-state index in [4.69, 9.17) is 14.2 Å². The van der Waals surface area contributed by atoms with Gasteiger partial charge in [0.05, 0.1) is 24.7 Å². The molecular formula is C20H36N2O7. The minimum absolute atomic E-state index is 0.101. The van der Waals surface area contributed by atoms with Crippen LogP contribution in [0.5, 0.6) is 0 Å². The zero-order chi connectivity index (χ0) is 22.6. The molecule has 0 radical (unpaired) electrons. The highest BCUT2D eigenvalue weighted by Gasteiger charge is 2.50. The van der Waals surface area contributed by atoms with Gasteiger partial charge in [-0.1, -0.05) is 0 Å². The van der Waals surface area contributed by atoms with Crippen LogP contribution in [0.1, 0.15) is 61.8 Å². The third kappa shape index (κ3) is 8.08. The number of ether oxygens (including phenoxy) is 3. The molecule has 1 saturated carbocycles. The van der Waals surface area contributed by atoms with E-state index < -0.39 is 59.4 Å². The van der Waals surface area contributed by atoms with Gasteiger partial charge in [0, 0.05) is 12.0 Å². The number of amides is 2. The predicted molar refractivity (Wildman–Crippen MR) is 106 cm³/mol. The first kappa shape index (κ1) is 25.0. The van der Waals surface area contributed by atoms with Gasteiger partial charge in [0.15, 0.2) is 0 Å². The first-order valence-electron chi connectivity index (χ1n) is 9.98. The van der Waals surface area contributed by atoms with Crippen LogP contribution in [0.15, 0.2) is 0 Å². The number of aliphatic hydroxyl groups is 1. The number of carbonyl (C=O) groups is 3. The summed E-state index contributed by atoms with van der Waals surface area (Å²) in [6.45, 7) is 14.0. The lowest BCUT2D eigenvalue weighted by Crippen LogP contribution is -2.53. The summed E-state index contributed by atoms with van der Waals surface area (Å²) in [7, 11) is 0. The third-order valence-corrected chi connectivity index (χ3v) is 4.38. The van der Waals surface area contributed by atoms with Crippen molar-refractivity contribution in [2.24, 2.45) is 11.8 Å². The summed E-state index contributed by atoms with van der Waals surface area (Å²) in [5, 5.41) is 16.0. The van der Waals surface area contributed by atoms with Crippen LogP contribution in [0.25, 0.3) is 0 Å². The molecule has 9 nitrogen and oxygen atoms in total. The highest BCUT2D eigenvalue weighted by Crippen LogP contribution is 2.35. The van der Waals surface area contributed by atoms with Gasteiger partial charge < -0.3 is 30.0 Å². The van der Waals surface area contributed by atoms with Crippen LogP contribution < -0.4 is 10.6 Å². The monoisotopic (exact) mass is 416 g/mol. The van der Waals surface area contributed by atoms with Crippen molar-refractivity contribution in [1.82, 2.24) is 10.6 Å². The van der Waals surface area contributed by atoms with E-state index in [-0.39, 0.29) is 13.0 Å². The minimum atomic E-state index is -0.936. The smallest absolute Gasteiger partial charge is 0.407 e. The van der Waals surface area contributed by atoms with Gasteiger partial charge in [-0.05, 0) is 61.8 Å². The lowest BCUT2D eigenvalue weighted by molar-refractivity contribution is -0.148. The van der Waals surface area contributed by atoms with E-state index in [9.17, 15) is 19.5 Å². The number of nitrogens with one attached hydrogen (secondary N) is 2. The Hall–Kier alpha value is -2.03. The highest BCUT2D eigenvalue weighted by molar-refractivity contribution is 5.76. The largest absolute Gasteiger partial charge is 0.466 e. The normalized spacial score (nSPS) is 25.7. The van der Waals surface area contributed by atoms with Crippen LogP contribution in [0.4, 0.5) is 9.59 Å². The Labute approximate surface area is 172 Å². The van der Waals surface area contributed by atoms with E-state index in [0.717, 1.165) is 0 Å². The van der Waals surface area contributed by atoms with Gasteiger partial charge in [-0.15, -0.1) is 0 Å². The molecule has 0 aromatic heterocycles. The van der Waals surface area contributed by atoms with Crippen molar-refractivity contribution in [3.05, 3.63) is 0 Å². The first-order chi connectivity index (χ1) is 13.1. The van der Waals surface area contributed by atoms with Gasteiger partial charge in [0.1, 0.15) is 11.2 Å². The molecule has 0 spiro atoms. The van der Waals surface area contributed by atoms with Crippen molar-refractivity contribution in [2.45, 2.75) is 91.2 Å². The van der Waals surface area contributed by atoms with Crippen LogP contribution in [0.3, 0.4) is 0 Å². The summed E-state index contributed by atoms with van der Waals surface area (Å²) >= 11 is 0. The number of carbonyl (C=O) groups excluding carboxylic acids is 3. The molecule has 0 aromatic carbocycles. The van der Waals surface area contributed by atoms with E-state index >= 15 is 0 Å². The van der Waals surface area contributed by atoms with E-state index in [1.165, 1.54) is 0 Å². The maximum atomic E-state index is 12.4. The van der Waals surface area contributed by atoms with Gasteiger partial charge in [0.25, 0.3) is 0 Å². The molecule has 0 heterocycles. The Bertz CT molecular complexity index is 595. The van der Waals surface area contributed by atoms with Crippen molar-refractivity contribution in [3.8, 4) is 0 Å². The van der Waals surface area contributed by atoms with Crippen molar-refractivity contribution in [2.75, 3.05) is 6.61 Å². The standard InChI is InChI=1S/C20H36N2O7/c1-9-27-16(24)12-10-13(23)14(11(2)21-17(25)28-19(3,4)5)15(12)22-18(26)29-20(6,7)8/h11-15,23H,9-10H2,1-8H3,(H,21,25)(H,22,26)/t11-,12+,13+,14?,15+/m0/s1. The molecule has 0 bridgehead atoms. The fraction of sp³-hybridized carbons (Fsp3) is 0.850. The molecule has 3 N–H and O–H groups in total. The quantitative estimate of drug-likeness (QED) is 0.464. The number of hydrogen-bond donors (Lipinski definition) is 3. The maximum absolute atomic E-state index is 12.4. The summed E-state index contributed by atoms with van der Waals surface area (Å²) in [6.07, 6.45) is -2.19.